The molecule has 0 unspecified atom stereocenters. The molecular formula is C21H21F2N3. The normalized spacial score (nSPS) is 16.8. The Kier molecular flexibility index (Phi) is 3.45. The summed E-state index contributed by atoms with van der Waals surface area (Å²) in [7, 11) is 2.09. The summed E-state index contributed by atoms with van der Waals surface area (Å²) in [5, 5.41) is 0. The molecular weight excluding hydrogens is 332 g/mol. The maximum atomic E-state index is 14.1. The number of hydrogen-bond donors (Lipinski definition) is 1. The molecule has 1 N–H and O–H groups in total. The maximum absolute atomic E-state index is 14.1. The zero-order chi connectivity index (χ0) is 17.8. The van der Waals surface area contributed by atoms with Gasteiger partial charge in [0.15, 0.2) is 0 Å². The number of benzene rings is 1. The molecule has 3 heterocycles. The third-order valence-corrected chi connectivity index (χ3v) is 5.59. The van der Waals surface area contributed by atoms with E-state index in [0.29, 0.717) is 5.69 Å². The first kappa shape index (κ1) is 15.7. The number of aromatic nitrogens is 2. The number of halogens is 2. The molecule has 3 aromatic rings. The topological polar surface area (TPSA) is 24.0 Å². The largest absolute Gasteiger partial charge is 0.358 e. The van der Waals surface area contributed by atoms with Crippen LogP contribution in [0.15, 0.2) is 36.5 Å². The van der Waals surface area contributed by atoms with E-state index in [2.05, 4.69) is 33.8 Å². The summed E-state index contributed by atoms with van der Waals surface area (Å²) in [6.07, 6.45) is 5.67. The van der Waals surface area contributed by atoms with Gasteiger partial charge in [-0.2, -0.15) is 0 Å². The summed E-state index contributed by atoms with van der Waals surface area (Å²) in [6, 6.07) is 8.19. The van der Waals surface area contributed by atoms with Crippen molar-refractivity contribution in [3.8, 4) is 11.3 Å². The Morgan fingerprint density at radius 3 is 2.62 bits per heavy atom. The molecule has 1 aliphatic carbocycles. The molecule has 1 aliphatic heterocycles. The summed E-state index contributed by atoms with van der Waals surface area (Å²) < 4.78 is 30.4. The molecule has 134 valence electrons. The van der Waals surface area contributed by atoms with Crippen LogP contribution in [0.2, 0.25) is 0 Å². The zero-order valence-corrected chi connectivity index (χ0v) is 14.7. The molecule has 1 saturated carbocycles. The van der Waals surface area contributed by atoms with E-state index in [1.54, 1.807) is 0 Å². The van der Waals surface area contributed by atoms with Crippen LogP contribution in [0.3, 0.4) is 0 Å². The van der Waals surface area contributed by atoms with Crippen molar-refractivity contribution in [2.45, 2.75) is 31.7 Å². The molecule has 0 amide bonds. The molecule has 3 nitrogen and oxygen atoms in total. The third-order valence-electron chi connectivity index (χ3n) is 5.59. The average molecular weight is 353 g/mol. The van der Waals surface area contributed by atoms with Crippen molar-refractivity contribution in [3.63, 3.8) is 0 Å². The molecule has 1 fully saturated rings. The molecule has 26 heavy (non-hydrogen) atoms. The van der Waals surface area contributed by atoms with Gasteiger partial charge in [0, 0.05) is 38.4 Å². The van der Waals surface area contributed by atoms with Gasteiger partial charge in [0.25, 0.3) is 0 Å². The number of rotatable bonds is 3. The highest BCUT2D eigenvalue weighted by Crippen LogP contribution is 2.42. The standard InChI is InChI=1S/C21H21F2N3/c1-25-11-14(13-5-6-13)10-20(25)26-8-7-18-15(12-26)9-19(24-18)21-16(22)3-2-4-17(21)23/h2-4,9-11,13,24H,5-8,12H2,1H3. The highest BCUT2D eigenvalue weighted by atomic mass is 19.1. The lowest BCUT2D eigenvalue weighted by Gasteiger charge is -2.29. The van der Waals surface area contributed by atoms with Crippen LogP contribution in [-0.4, -0.2) is 16.1 Å². The lowest BCUT2D eigenvalue weighted by molar-refractivity contribution is 0.589. The summed E-state index contributed by atoms with van der Waals surface area (Å²) in [6.45, 7) is 1.65. The van der Waals surface area contributed by atoms with Gasteiger partial charge in [0.05, 0.1) is 11.3 Å². The highest BCUT2D eigenvalue weighted by Gasteiger charge is 2.27. The molecule has 0 bridgehead atoms. The van der Waals surface area contributed by atoms with Crippen molar-refractivity contribution >= 4 is 5.82 Å². The van der Waals surface area contributed by atoms with E-state index in [-0.39, 0.29) is 5.56 Å². The van der Waals surface area contributed by atoms with Crippen molar-refractivity contribution in [2.24, 2.45) is 7.05 Å². The Balaban J connectivity index is 1.46. The highest BCUT2D eigenvalue weighted by molar-refractivity contribution is 5.64. The summed E-state index contributed by atoms with van der Waals surface area (Å²) in [5.74, 6) is 0.893. The first-order valence-corrected chi connectivity index (χ1v) is 9.16. The van der Waals surface area contributed by atoms with Crippen LogP contribution in [0, 0.1) is 11.6 Å². The third kappa shape index (κ3) is 2.54. The average Bonchev–Trinajstić information content (AvgIpc) is 3.26. The van der Waals surface area contributed by atoms with Crippen molar-refractivity contribution in [1.29, 1.82) is 0 Å². The lowest BCUT2D eigenvalue weighted by atomic mass is 10.1. The van der Waals surface area contributed by atoms with Crippen LogP contribution in [0.5, 0.6) is 0 Å². The van der Waals surface area contributed by atoms with E-state index in [1.165, 1.54) is 42.4 Å². The van der Waals surface area contributed by atoms with E-state index in [9.17, 15) is 8.78 Å². The summed E-state index contributed by atoms with van der Waals surface area (Å²) >= 11 is 0. The second-order valence-electron chi connectivity index (χ2n) is 7.47. The monoisotopic (exact) mass is 353 g/mol. The first-order chi connectivity index (χ1) is 12.6. The summed E-state index contributed by atoms with van der Waals surface area (Å²) in [4.78, 5) is 5.59. The van der Waals surface area contributed by atoms with Crippen molar-refractivity contribution < 1.29 is 8.78 Å². The minimum absolute atomic E-state index is 0.0309. The first-order valence-electron chi connectivity index (χ1n) is 9.16. The van der Waals surface area contributed by atoms with Crippen molar-refractivity contribution in [2.75, 3.05) is 11.4 Å². The molecule has 5 rings (SSSR count). The fourth-order valence-electron chi connectivity index (χ4n) is 4.05. The van der Waals surface area contributed by atoms with Crippen molar-refractivity contribution in [1.82, 2.24) is 9.55 Å². The second-order valence-corrected chi connectivity index (χ2v) is 7.47. The Morgan fingerprint density at radius 2 is 1.88 bits per heavy atom. The van der Waals surface area contributed by atoms with Crippen molar-refractivity contribution in [3.05, 3.63) is 65.0 Å². The van der Waals surface area contributed by atoms with E-state index in [0.717, 1.165) is 36.7 Å². The van der Waals surface area contributed by atoms with Crippen LogP contribution in [0.4, 0.5) is 14.6 Å². The summed E-state index contributed by atoms with van der Waals surface area (Å²) in [5.41, 5.74) is 4.18. The van der Waals surface area contributed by atoms with Gasteiger partial charge in [-0.25, -0.2) is 8.78 Å². The molecule has 0 spiro atoms. The van der Waals surface area contributed by atoms with E-state index in [4.69, 9.17) is 0 Å². The molecule has 0 saturated heterocycles. The molecule has 5 heteroatoms. The quantitative estimate of drug-likeness (QED) is 0.723. The molecule has 2 aromatic heterocycles. The lowest BCUT2D eigenvalue weighted by Crippen LogP contribution is -2.31. The second kappa shape index (κ2) is 5.73. The van der Waals surface area contributed by atoms with Gasteiger partial charge in [0.1, 0.15) is 17.5 Å². The van der Waals surface area contributed by atoms with Crippen LogP contribution < -0.4 is 4.90 Å². The smallest absolute Gasteiger partial charge is 0.135 e. The molecule has 1 aromatic carbocycles. The fraction of sp³-hybridized carbons (Fsp3) is 0.333. The Bertz CT molecular complexity index is 961. The number of nitrogens with zero attached hydrogens (tertiary/aromatic N) is 2. The number of H-pyrrole nitrogens is 1. The number of anilines is 1. The Hall–Kier alpha value is -2.56. The van der Waals surface area contributed by atoms with Gasteiger partial charge in [-0.15, -0.1) is 0 Å². The Labute approximate surface area is 151 Å². The minimum Gasteiger partial charge on any atom is -0.358 e. The van der Waals surface area contributed by atoms with Crippen LogP contribution >= 0.6 is 0 Å². The molecule has 0 radical (unpaired) electrons. The maximum Gasteiger partial charge on any atom is 0.135 e. The van der Waals surface area contributed by atoms with Gasteiger partial charge in [-0.3, -0.25) is 0 Å². The number of hydrogen-bond acceptors (Lipinski definition) is 1. The van der Waals surface area contributed by atoms with E-state index < -0.39 is 11.6 Å². The van der Waals surface area contributed by atoms with E-state index >= 15 is 0 Å². The predicted molar refractivity (Wildman–Crippen MR) is 98.3 cm³/mol. The Morgan fingerprint density at radius 1 is 1.12 bits per heavy atom. The van der Waals surface area contributed by atoms with Crippen LogP contribution in [-0.2, 0) is 20.0 Å². The van der Waals surface area contributed by atoms with Gasteiger partial charge in [0.2, 0.25) is 0 Å². The predicted octanol–water partition coefficient (Wildman–Crippen LogP) is 4.74. The van der Waals surface area contributed by atoms with Gasteiger partial charge in [-0.05, 0) is 54.2 Å². The SMILES string of the molecule is Cn1cc(C2CC2)cc1N1CCc2[nH]c(-c3c(F)cccc3F)cc2C1. The van der Waals surface area contributed by atoms with Crippen LogP contribution in [0.25, 0.3) is 11.3 Å². The fourth-order valence-corrected chi connectivity index (χ4v) is 4.05. The number of nitrogens with one attached hydrogen (secondary N) is 1. The van der Waals surface area contributed by atoms with Gasteiger partial charge >= 0.3 is 0 Å². The molecule has 2 aliphatic rings. The number of fused-ring (bicyclic) bond motifs is 1. The van der Waals surface area contributed by atoms with Crippen LogP contribution in [0.1, 0.15) is 35.6 Å². The van der Waals surface area contributed by atoms with Gasteiger partial charge < -0.3 is 14.5 Å². The number of aromatic amines is 1. The minimum atomic E-state index is -0.531. The molecule has 0 atom stereocenters. The van der Waals surface area contributed by atoms with Gasteiger partial charge in [-0.1, -0.05) is 6.07 Å². The number of aryl methyl sites for hydroxylation is 1. The zero-order valence-electron chi connectivity index (χ0n) is 14.7. The van der Waals surface area contributed by atoms with E-state index in [1.807, 2.05) is 6.07 Å².